The van der Waals surface area contributed by atoms with Gasteiger partial charge in [0.15, 0.2) is 0 Å². The number of rotatable bonds is 3. The maximum Gasteiger partial charge on any atom is 0.319 e. The van der Waals surface area contributed by atoms with E-state index in [-0.39, 0.29) is 6.03 Å². The predicted molar refractivity (Wildman–Crippen MR) is 82.9 cm³/mol. The van der Waals surface area contributed by atoms with Crippen LogP contribution in [0.2, 0.25) is 5.02 Å². The third kappa shape index (κ3) is 3.90. The number of aryl methyl sites for hydroxylation is 1. The molecule has 2 amide bonds. The maximum absolute atomic E-state index is 11.8. The average molecular weight is 290 g/mol. The third-order valence-corrected chi connectivity index (χ3v) is 3.03. The van der Waals surface area contributed by atoms with Gasteiger partial charge in [-0.15, -0.1) is 0 Å². The van der Waals surface area contributed by atoms with Crippen LogP contribution in [0.5, 0.6) is 0 Å². The quantitative estimate of drug-likeness (QED) is 0.756. The van der Waals surface area contributed by atoms with Crippen LogP contribution >= 0.6 is 11.6 Å². The number of anilines is 2. The lowest BCUT2D eigenvalue weighted by Gasteiger charge is -2.10. The highest BCUT2D eigenvalue weighted by atomic mass is 35.5. The van der Waals surface area contributed by atoms with Crippen molar-refractivity contribution in [1.82, 2.24) is 5.32 Å². The van der Waals surface area contributed by atoms with Crippen molar-refractivity contribution in [3.63, 3.8) is 0 Å². The average Bonchev–Trinajstić information content (AvgIpc) is 2.40. The Labute approximate surface area is 122 Å². The van der Waals surface area contributed by atoms with E-state index in [9.17, 15) is 4.79 Å². The Morgan fingerprint density at radius 1 is 1.25 bits per heavy atom. The van der Waals surface area contributed by atoms with E-state index in [0.29, 0.717) is 22.9 Å². The Morgan fingerprint density at radius 2 is 2.05 bits per heavy atom. The monoisotopic (exact) mass is 289 g/mol. The molecule has 0 aromatic heterocycles. The van der Waals surface area contributed by atoms with Gasteiger partial charge in [-0.05, 0) is 42.3 Å². The molecular weight excluding hydrogens is 274 g/mol. The summed E-state index contributed by atoms with van der Waals surface area (Å²) >= 11 is 5.88. The number of hydrogen-bond acceptors (Lipinski definition) is 2. The first kappa shape index (κ1) is 14.2. The minimum absolute atomic E-state index is 0.305. The number of nitrogens with two attached hydrogens (primary N) is 1. The van der Waals surface area contributed by atoms with E-state index in [2.05, 4.69) is 10.6 Å². The van der Waals surface area contributed by atoms with Gasteiger partial charge >= 0.3 is 6.03 Å². The molecule has 4 N–H and O–H groups in total. The molecule has 0 spiro atoms. The molecule has 5 heteroatoms. The fraction of sp³-hybridized carbons (Fsp3) is 0.133. The summed E-state index contributed by atoms with van der Waals surface area (Å²) in [4.78, 5) is 11.8. The zero-order chi connectivity index (χ0) is 14.5. The van der Waals surface area contributed by atoms with Crippen LogP contribution in [-0.2, 0) is 6.54 Å². The Balaban J connectivity index is 1.92. The molecule has 2 aromatic carbocycles. The van der Waals surface area contributed by atoms with Gasteiger partial charge in [-0.1, -0.05) is 29.8 Å². The SMILES string of the molecule is Cc1ccc(NC(=O)NCc2cccc(Cl)c2)c(N)c1. The summed E-state index contributed by atoms with van der Waals surface area (Å²) in [6.07, 6.45) is 0. The van der Waals surface area contributed by atoms with E-state index in [1.807, 2.05) is 37.3 Å². The van der Waals surface area contributed by atoms with Gasteiger partial charge < -0.3 is 16.4 Å². The molecule has 0 heterocycles. The molecule has 0 bridgehead atoms. The summed E-state index contributed by atoms with van der Waals surface area (Å²) in [5.41, 5.74) is 8.96. The molecule has 0 radical (unpaired) electrons. The highest BCUT2D eigenvalue weighted by Crippen LogP contribution is 2.19. The van der Waals surface area contributed by atoms with Crippen LogP contribution in [0.25, 0.3) is 0 Å². The molecule has 0 saturated carbocycles. The minimum atomic E-state index is -0.305. The summed E-state index contributed by atoms with van der Waals surface area (Å²) in [7, 11) is 0. The molecule has 0 aliphatic rings. The first-order valence-corrected chi connectivity index (χ1v) is 6.58. The molecule has 0 fully saturated rings. The lowest BCUT2D eigenvalue weighted by molar-refractivity contribution is 0.252. The van der Waals surface area contributed by atoms with Crippen molar-refractivity contribution in [2.45, 2.75) is 13.5 Å². The Kier molecular flexibility index (Phi) is 4.48. The fourth-order valence-corrected chi connectivity index (χ4v) is 2.00. The fourth-order valence-electron chi connectivity index (χ4n) is 1.79. The van der Waals surface area contributed by atoms with Gasteiger partial charge in [0.25, 0.3) is 0 Å². The molecule has 0 aliphatic heterocycles. The second-order valence-corrected chi connectivity index (χ2v) is 4.96. The van der Waals surface area contributed by atoms with Gasteiger partial charge in [0, 0.05) is 11.6 Å². The van der Waals surface area contributed by atoms with Crippen LogP contribution in [-0.4, -0.2) is 6.03 Å². The van der Waals surface area contributed by atoms with Crippen molar-refractivity contribution in [1.29, 1.82) is 0 Å². The summed E-state index contributed by atoms with van der Waals surface area (Å²) in [5, 5.41) is 6.11. The number of halogens is 1. The van der Waals surface area contributed by atoms with Gasteiger partial charge in [0.2, 0.25) is 0 Å². The highest BCUT2D eigenvalue weighted by Gasteiger charge is 2.05. The number of hydrogen-bond donors (Lipinski definition) is 3. The van der Waals surface area contributed by atoms with E-state index < -0.39 is 0 Å². The largest absolute Gasteiger partial charge is 0.397 e. The number of amides is 2. The summed E-state index contributed by atoms with van der Waals surface area (Å²) in [5.74, 6) is 0. The molecule has 0 saturated heterocycles. The standard InChI is InChI=1S/C15H16ClN3O/c1-10-5-6-14(13(17)7-10)19-15(20)18-9-11-3-2-4-12(16)8-11/h2-8H,9,17H2,1H3,(H2,18,19,20). The van der Waals surface area contributed by atoms with E-state index in [1.54, 1.807) is 12.1 Å². The molecule has 0 unspecified atom stereocenters. The third-order valence-electron chi connectivity index (χ3n) is 2.80. The van der Waals surface area contributed by atoms with Crippen molar-refractivity contribution in [2.75, 3.05) is 11.1 Å². The second-order valence-electron chi connectivity index (χ2n) is 4.53. The lowest BCUT2D eigenvalue weighted by Crippen LogP contribution is -2.28. The second kappa shape index (κ2) is 6.30. The molecule has 2 rings (SSSR count). The highest BCUT2D eigenvalue weighted by molar-refractivity contribution is 6.30. The first-order valence-electron chi connectivity index (χ1n) is 6.20. The predicted octanol–water partition coefficient (Wildman–Crippen LogP) is 3.55. The number of carbonyl (C=O) groups is 1. The summed E-state index contributed by atoms with van der Waals surface area (Å²) in [6.45, 7) is 2.34. The lowest BCUT2D eigenvalue weighted by atomic mass is 10.2. The zero-order valence-electron chi connectivity index (χ0n) is 11.1. The number of nitrogens with one attached hydrogen (secondary N) is 2. The van der Waals surface area contributed by atoms with Gasteiger partial charge in [-0.2, -0.15) is 0 Å². The van der Waals surface area contributed by atoms with Crippen molar-refractivity contribution in [3.05, 3.63) is 58.6 Å². The van der Waals surface area contributed by atoms with Crippen LogP contribution in [0, 0.1) is 6.92 Å². The molecule has 104 valence electrons. The summed E-state index contributed by atoms with van der Waals surface area (Å²) < 4.78 is 0. The van der Waals surface area contributed by atoms with Gasteiger partial charge in [0.05, 0.1) is 11.4 Å². The molecule has 0 aliphatic carbocycles. The maximum atomic E-state index is 11.8. The van der Waals surface area contributed by atoms with Crippen LogP contribution in [0.1, 0.15) is 11.1 Å². The van der Waals surface area contributed by atoms with E-state index in [4.69, 9.17) is 17.3 Å². The Morgan fingerprint density at radius 3 is 2.75 bits per heavy atom. The van der Waals surface area contributed by atoms with Crippen LogP contribution in [0.4, 0.5) is 16.2 Å². The van der Waals surface area contributed by atoms with E-state index >= 15 is 0 Å². The number of urea groups is 1. The molecule has 20 heavy (non-hydrogen) atoms. The smallest absolute Gasteiger partial charge is 0.319 e. The van der Waals surface area contributed by atoms with Crippen LogP contribution in [0.15, 0.2) is 42.5 Å². The molecular formula is C15H16ClN3O. The van der Waals surface area contributed by atoms with Crippen molar-refractivity contribution in [3.8, 4) is 0 Å². The van der Waals surface area contributed by atoms with Gasteiger partial charge in [-0.3, -0.25) is 0 Å². The van der Waals surface area contributed by atoms with Crippen molar-refractivity contribution in [2.24, 2.45) is 0 Å². The van der Waals surface area contributed by atoms with Gasteiger partial charge in [0.1, 0.15) is 0 Å². The number of carbonyl (C=O) groups excluding carboxylic acids is 1. The van der Waals surface area contributed by atoms with Crippen LogP contribution in [0.3, 0.4) is 0 Å². The molecule has 2 aromatic rings. The molecule has 0 atom stereocenters. The van der Waals surface area contributed by atoms with Crippen LogP contribution < -0.4 is 16.4 Å². The number of nitrogen functional groups attached to an aromatic ring is 1. The summed E-state index contributed by atoms with van der Waals surface area (Å²) in [6, 6.07) is 12.5. The first-order chi connectivity index (χ1) is 9.54. The molecule has 4 nitrogen and oxygen atoms in total. The Bertz CT molecular complexity index is 628. The Hall–Kier alpha value is -2.20. The number of benzene rings is 2. The minimum Gasteiger partial charge on any atom is -0.397 e. The van der Waals surface area contributed by atoms with E-state index in [0.717, 1.165) is 11.1 Å². The topological polar surface area (TPSA) is 67.2 Å². The van der Waals surface area contributed by atoms with Gasteiger partial charge in [-0.25, -0.2) is 4.79 Å². The van der Waals surface area contributed by atoms with E-state index in [1.165, 1.54) is 0 Å². The zero-order valence-corrected chi connectivity index (χ0v) is 11.9. The van der Waals surface area contributed by atoms with Crippen molar-refractivity contribution >= 4 is 29.0 Å². The van der Waals surface area contributed by atoms with Crippen molar-refractivity contribution < 1.29 is 4.79 Å². The normalized spacial score (nSPS) is 10.1.